The zero-order chi connectivity index (χ0) is 19.9. The van der Waals surface area contributed by atoms with Crippen LogP contribution in [-0.4, -0.2) is 38.2 Å². The van der Waals surface area contributed by atoms with E-state index in [9.17, 15) is 4.79 Å². The van der Waals surface area contributed by atoms with Crippen molar-refractivity contribution in [2.75, 3.05) is 32.2 Å². The van der Waals surface area contributed by atoms with Crippen molar-refractivity contribution in [2.45, 2.75) is 38.6 Å². The van der Waals surface area contributed by atoms with Crippen molar-refractivity contribution in [3.8, 4) is 0 Å². The van der Waals surface area contributed by atoms with Gasteiger partial charge in [-0.3, -0.25) is 9.78 Å². The lowest BCUT2D eigenvalue weighted by Crippen LogP contribution is -2.39. The lowest BCUT2D eigenvalue weighted by Gasteiger charge is -2.30. The van der Waals surface area contributed by atoms with Crippen molar-refractivity contribution >= 4 is 11.6 Å². The van der Waals surface area contributed by atoms with Crippen LogP contribution in [0.3, 0.4) is 0 Å². The average molecular weight is 370 g/mol. The van der Waals surface area contributed by atoms with E-state index in [1.807, 2.05) is 24.1 Å². The summed E-state index contributed by atoms with van der Waals surface area (Å²) in [5.41, 5.74) is 3.22. The predicted octanol–water partition coefficient (Wildman–Crippen LogP) is 3.71. The minimum absolute atomic E-state index is 0.0403. The number of hydrogen-bond donors (Lipinski definition) is 1. The van der Waals surface area contributed by atoms with E-state index in [0.29, 0.717) is 13.2 Å². The normalized spacial score (nSPS) is 12.5. The van der Waals surface area contributed by atoms with Crippen LogP contribution in [0.25, 0.3) is 0 Å². The Morgan fingerprint density at radius 1 is 1.22 bits per heavy atom. The van der Waals surface area contributed by atoms with Gasteiger partial charge < -0.3 is 15.0 Å². The number of pyridine rings is 1. The smallest absolute Gasteiger partial charge is 0.247 e. The number of nitrogens with one attached hydrogen (secondary N) is 1. The Morgan fingerprint density at radius 2 is 1.93 bits per heavy atom. The minimum atomic E-state index is -0.443. The molecule has 0 saturated carbocycles. The fourth-order valence-electron chi connectivity index (χ4n) is 2.96. The largest absolute Gasteiger partial charge is 0.385 e. The number of benzene rings is 1. The molecule has 0 fully saturated rings. The molecule has 5 heteroatoms. The molecule has 1 heterocycles. The van der Waals surface area contributed by atoms with Gasteiger partial charge in [-0.15, -0.1) is 0 Å². The second-order valence-corrected chi connectivity index (χ2v) is 7.73. The Hall–Kier alpha value is -2.40. The first-order valence-corrected chi connectivity index (χ1v) is 9.34. The maximum atomic E-state index is 12.9. The summed E-state index contributed by atoms with van der Waals surface area (Å²) in [6.45, 7) is 7.79. The van der Waals surface area contributed by atoms with E-state index in [0.717, 1.165) is 17.7 Å². The molecular formula is C22H31N3O2. The number of anilines is 1. The third kappa shape index (κ3) is 5.79. The molecule has 1 atom stereocenters. The van der Waals surface area contributed by atoms with Crippen LogP contribution in [0.5, 0.6) is 0 Å². The average Bonchev–Trinajstić information content (AvgIpc) is 2.65. The van der Waals surface area contributed by atoms with Crippen molar-refractivity contribution in [3.05, 3.63) is 59.9 Å². The molecule has 5 nitrogen and oxygen atoms in total. The fourth-order valence-corrected chi connectivity index (χ4v) is 2.96. The van der Waals surface area contributed by atoms with Crippen LogP contribution in [0, 0.1) is 0 Å². The summed E-state index contributed by atoms with van der Waals surface area (Å²) in [4.78, 5) is 19.1. The van der Waals surface area contributed by atoms with Gasteiger partial charge in [0.15, 0.2) is 0 Å². The van der Waals surface area contributed by atoms with Gasteiger partial charge in [0.2, 0.25) is 5.91 Å². The summed E-state index contributed by atoms with van der Waals surface area (Å²) in [7, 11) is 3.60. The topological polar surface area (TPSA) is 54.5 Å². The molecule has 0 spiro atoms. The number of nitrogens with zero attached hydrogens (tertiary/aromatic N) is 2. The van der Waals surface area contributed by atoms with Crippen molar-refractivity contribution in [3.63, 3.8) is 0 Å². The van der Waals surface area contributed by atoms with Gasteiger partial charge in [-0.05, 0) is 35.6 Å². The third-order valence-corrected chi connectivity index (χ3v) is 4.60. The molecule has 2 rings (SSSR count). The maximum absolute atomic E-state index is 12.9. The summed E-state index contributed by atoms with van der Waals surface area (Å²) in [5.74, 6) is -0.0403. The highest BCUT2D eigenvalue weighted by molar-refractivity contribution is 5.86. The Kier molecular flexibility index (Phi) is 7.36. The molecule has 0 radical (unpaired) electrons. The highest BCUT2D eigenvalue weighted by Gasteiger charge is 2.26. The number of aromatic nitrogens is 1. The van der Waals surface area contributed by atoms with Crippen LogP contribution in [0.4, 0.5) is 5.69 Å². The van der Waals surface area contributed by atoms with Gasteiger partial charge in [-0.1, -0.05) is 39.0 Å². The van der Waals surface area contributed by atoms with E-state index in [-0.39, 0.29) is 11.3 Å². The molecule has 1 aromatic carbocycles. The molecule has 0 saturated heterocycles. The van der Waals surface area contributed by atoms with Crippen LogP contribution >= 0.6 is 0 Å². The number of rotatable bonds is 8. The van der Waals surface area contributed by atoms with Gasteiger partial charge in [-0.2, -0.15) is 0 Å². The highest BCUT2D eigenvalue weighted by Crippen LogP contribution is 2.29. The van der Waals surface area contributed by atoms with Crippen LogP contribution in [0.2, 0.25) is 0 Å². The van der Waals surface area contributed by atoms with Crippen molar-refractivity contribution in [1.29, 1.82) is 0 Å². The van der Waals surface area contributed by atoms with Gasteiger partial charge in [0.25, 0.3) is 0 Å². The monoisotopic (exact) mass is 369 g/mol. The molecular weight excluding hydrogens is 338 g/mol. The molecule has 1 aromatic heterocycles. The van der Waals surface area contributed by atoms with E-state index in [1.165, 1.54) is 5.56 Å². The van der Waals surface area contributed by atoms with Crippen molar-refractivity contribution < 1.29 is 9.53 Å². The Labute approximate surface area is 162 Å². The van der Waals surface area contributed by atoms with Crippen molar-refractivity contribution in [1.82, 2.24) is 10.3 Å². The summed E-state index contributed by atoms with van der Waals surface area (Å²) < 4.78 is 5.05. The first-order valence-electron chi connectivity index (χ1n) is 9.34. The van der Waals surface area contributed by atoms with Crippen LogP contribution < -0.4 is 10.2 Å². The lowest BCUT2D eigenvalue weighted by molar-refractivity contribution is -0.122. The zero-order valence-corrected chi connectivity index (χ0v) is 17.0. The lowest BCUT2D eigenvalue weighted by atomic mass is 9.87. The first-order chi connectivity index (χ1) is 12.8. The molecule has 27 heavy (non-hydrogen) atoms. The van der Waals surface area contributed by atoms with Gasteiger partial charge >= 0.3 is 0 Å². The van der Waals surface area contributed by atoms with Crippen LogP contribution in [0.1, 0.15) is 44.4 Å². The fraction of sp³-hybridized carbons (Fsp3) is 0.455. The van der Waals surface area contributed by atoms with Gasteiger partial charge in [0, 0.05) is 51.0 Å². The molecule has 0 aliphatic carbocycles. The predicted molar refractivity (Wildman–Crippen MR) is 110 cm³/mol. The Morgan fingerprint density at radius 3 is 2.48 bits per heavy atom. The quantitative estimate of drug-likeness (QED) is 0.721. The van der Waals surface area contributed by atoms with Crippen LogP contribution in [-0.2, 0) is 14.9 Å². The molecule has 146 valence electrons. The van der Waals surface area contributed by atoms with E-state index in [1.54, 1.807) is 19.5 Å². The SMILES string of the molecule is COCCCNC(=O)C(c1cccnc1)N(C)c1ccc(C(C)(C)C)cc1. The number of likely N-dealkylation sites (N-methyl/N-ethyl adjacent to an activating group) is 1. The summed E-state index contributed by atoms with van der Waals surface area (Å²) in [6, 6.07) is 11.8. The van der Waals surface area contributed by atoms with Crippen LogP contribution in [0.15, 0.2) is 48.8 Å². The Balaban J connectivity index is 2.23. The molecule has 1 unspecified atom stereocenters. The third-order valence-electron chi connectivity index (χ3n) is 4.60. The Bertz CT molecular complexity index is 709. The molecule has 1 amide bonds. The van der Waals surface area contributed by atoms with Gasteiger partial charge in [0.05, 0.1) is 0 Å². The number of hydrogen-bond acceptors (Lipinski definition) is 4. The summed E-state index contributed by atoms with van der Waals surface area (Å²) >= 11 is 0. The number of methoxy groups -OCH3 is 1. The second-order valence-electron chi connectivity index (χ2n) is 7.73. The highest BCUT2D eigenvalue weighted by atomic mass is 16.5. The first kappa shape index (κ1) is 20.9. The van der Waals surface area contributed by atoms with E-state index >= 15 is 0 Å². The summed E-state index contributed by atoms with van der Waals surface area (Å²) in [5, 5.41) is 3.01. The molecule has 2 aromatic rings. The maximum Gasteiger partial charge on any atom is 0.247 e. The van der Waals surface area contributed by atoms with Gasteiger partial charge in [0.1, 0.15) is 6.04 Å². The summed E-state index contributed by atoms with van der Waals surface area (Å²) in [6.07, 6.45) is 4.25. The zero-order valence-electron chi connectivity index (χ0n) is 17.0. The molecule has 0 bridgehead atoms. The number of carbonyl (C=O) groups is 1. The minimum Gasteiger partial charge on any atom is -0.385 e. The van der Waals surface area contributed by atoms with E-state index < -0.39 is 6.04 Å². The second kappa shape index (κ2) is 9.51. The number of carbonyl (C=O) groups excluding carboxylic acids is 1. The van der Waals surface area contributed by atoms with E-state index in [4.69, 9.17) is 4.74 Å². The number of amides is 1. The van der Waals surface area contributed by atoms with Gasteiger partial charge in [-0.25, -0.2) is 0 Å². The van der Waals surface area contributed by atoms with Crippen molar-refractivity contribution in [2.24, 2.45) is 0 Å². The molecule has 0 aliphatic heterocycles. The number of ether oxygens (including phenoxy) is 1. The standard InChI is InChI=1S/C22H31N3O2/c1-22(2,3)18-9-11-19(12-10-18)25(4)20(17-8-6-13-23-16-17)21(26)24-14-7-15-27-5/h6,8-13,16,20H,7,14-15H2,1-5H3,(H,24,26). The molecule has 0 aliphatic rings. The molecule has 1 N–H and O–H groups in total. The van der Waals surface area contributed by atoms with E-state index in [2.05, 4.69) is 55.3 Å².